The van der Waals surface area contributed by atoms with E-state index in [9.17, 15) is 4.79 Å². The van der Waals surface area contributed by atoms with Crippen LogP contribution in [0.15, 0.2) is 0 Å². The van der Waals surface area contributed by atoms with Gasteiger partial charge in [-0.2, -0.15) is 11.8 Å². The van der Waals surface area contributed by atoms with Crippen LogP contribution in [0, 0.1) is 11.3 Å². The number of thioether (sulfide) groups is 1. The quantitative estimate of drug-likeness (QED) is 0.747. The normalized spacial score (nSPS) is 21.1. The van der Waals surface area contributed by atoms with Gasteiger partial charge < -0.3 is 5.32 Å². The maximum absolute atomic E-state index is 11.9. The molecule has 1 atom stereocenters. The van der Waals surface area contributed by atoms with Gasteiger partial charge in [0, 0.05) is 29.5 Å². The maximum Gasteiger partial charge on any atom is 0.223 e. The molecular formula is C12H22ClNOS. The zero-order chi connectivity index (χ0) is 12.0. The Hall–Kier alpha value is 0.110. The van der Waals surface area contributed by atoms with Crippen LogP contribution >= 0.6 is 23.4 Å². The first-order valence-corrected chi connectivity index (χ1v) is 7.78. The van der Waals surface area contributed by atoms with Gasteiger partial charge in [0.25, 0.3) is 0 Å². The molecule has 0 radical (unpaired) electrons. The van der Waals surface area contributed by atoms with Gasteiger partial charge in [0.2, 0.25) is 5.91 Å². The number of carbonyl (C=O) groups excluding carboxylic acids is 1. The Labute approximate surface area is 108 Å². The van der Waals surface area contributed by atoms with E-state index in [0.717, 1.165) is 37.3 Å². The van der Waals surface area contributed by atoms with E-state index in [0.29, 0.717) is 5.88 Å². The molecule has 0 aromatic heterocycles. The van der Waals surface area contributed by atoms with Crippen molar-refractivity contribution in [3.63, 3.8) is 0 Å². The summed E-state index contributed by atoms with van der Waals surface area (Å²) in [5.74, 6) is 3.19. The van der Waals surface area contributed by atoms with Crippen molar-refractivity contribution in [3.05, 3.63) is 0 Å². The lowest BCUT2D eigenvalue weighted by Gasteiger charge is -2.29. The molecule has 1 aliphatic rings. The van der Waals surface area contributed by atoms with Crippen molar-refractivity contribution >= 4 is 29.3 Å². The predicted octanol–water partition coefficient (Wildman–Crippen LogP) is 2.90. The van der Waals surface area contributed by atoms with Crippen molar-refractivity contribution in [1.82, 2.24) is 5.32 Å². The number of carbonyl (C=O) groups is 1. The SMILES string of the molecule is CCC(CC)(CCl)CNC(=O)C1CCSC1. The van der Waals surface area contributed by atoms with Gasteiger partial charge >= 0.3 is 0 Å². The standard InChI is InChI=1S/C12H22ClNOS/c1-3-12(4-2,8-13)9-14-11(15)10-5-6-16-7-10/h10H,3-9H2,1-2H3,(H,14,15). The summed E-state index contributed by atoms with van der Waals surface area (Å²) >= 11 is 7.89. The van der Waals surface area contributed by atoms with E-state index in [4.69, 9.17) is 11.6 Å². The lowest BCUT2D eigenvalue weighted by atomic mass is 9.84. The lowest BCUT2D eigenvalue weighted by Crippen LogP contribution is -2.40. The van der Waals surface area contributed by atoms with Crippen molar-refractivity contribution in [2.45, 2.75) is 33.1 Å². The summed E-state index contributed by atoms with van der Waals surface area (Å²) < 4.78 is 0. The van der Waals surface area contributed by atoms with E-state index in [1.54, 1.807) is 0 Å². The number of hydrogen-bond donors (Lipinski definition) is 1. The summed E-state index contributed by atoms with van der Waals surface area (Å²) in [7, 11) is 0. The maximum atomic E-state index is 11.9. The van der Waals surface area contributed by atoms with Gasteiger partial charge in [-0.15, -0.1) is 11.6 Å². The molecule has 0 saturated carbocycles. The smallest absolute Gasteiger partial charge is 0.223 e. The lowest BCUT2D eigenvalue weighted by molar-refractivity contribution is -0.124. The molecule has 1 aliphatic heterocycles. The molecule has 1 unspecified atom stereocenters. The number of amides is 1. The third-order valence-electron chi connectivity index (χ3n) is 3.72. The number of alkyl halides is 1. The largest absolute Gasteiger partial charge is 0.355 e. The van der Waals surface area contributed by atoms with Gasteiger partial charge in [0.15, 0.2) is 0 Å². The van der Waals surface area contributed by atoms with Crippen molar-refractivity contribution < 1.29 is 4.79 Å². The molecule has 1 fully saturated rings. The highest BCUT2D eigenvalue weighted by Gasteiger charge is 2.28. The van der Waals surface area contributed by atoms with Crippen LogP contribution in [0.25, 0.3) is 0 Å². The molecule has 1 saturated heterocycles. The summed E-state index contributed by atoms with van der Waals surface area (Å²) in [6, 6.07) is 0. The Balaban J connectivity index is 2.39. The summed E-state index contributed by atoms with van der Waals surface area (Å²) in [5, 5.41) is 3.08. The van der Waals surface area contributed by atoms with Gasteiger partial charge in [-0.3, -0.25) is 4.79 Å². The number of halogens is 1. The highest BCUT2D eigenvalue weighted by Crippen LogP contribution is 2.28. The predicted molar refractivity (Wildman–Crippen MR) is 72.2 cm³/mol. The topological polar surface area (TPSA) is 29.1 Å². The summed E-state index contributed by atoms with van der Waals surface area (Å²) in [4.78, 5) is 11.9. The fourth-order valence-corrected chi connectivity index (χ4v) is 3.59. The Morgan fingerprint density at radius 2 is 2.19 bits per heavy atom. The third-order valence-corrected chi connectivity index (χ3v) is 5.45. The molecule has 1 rings (SSSR count). The van der Waals surface area contributed by atoms with Crippen LogP contribution in [-0.4, -0.2) is 29.8 Å². The average molecular weight is 264 g/mol. The Morgan fingerprint density at radius 3 is 2.62 bits per heavy atom. The van der Waals surface area contributed by atoms with Gasteiger partial charge in [-0.1, -0.05) is 13.8 Å². The Kier molecular flexibility index (Phi) is 5.98. The van der Waals surface area contributed by atoms with Crippen molar-refractivity contribution in [3.8, 4) is 0 Å². The molecule has 1 N–H and O–H groups in total. The van der Waals surface area contributed by atoms with E-state index in [2.05, 4.69) is 19.2 Å². The first-order valence-electron chi connectivity index (χ1n) is 6.09. The summed E-state index contributed by atoms with van der Waals surface area (Å²) in [6.45, 7) is 5.01. The second kappa shape index (κ2) is 6.75. The second-order valence-electron chi connectivity index (χ2n) is 4.62. The molecule has 0 bridgehead atoms. The minimum atomic E-state index is 0.0863. The van der Waals surface area contributed by atoms with Gasteiger partial charge in [0.05, 0.1) is 0 Å². The van der Waals surface area contributed by atoms with Crippen LogP contribution < -0.4 is 5.32 Å². The fraction of sp³-hybridized carbons (Fsp3) is 0.917. The third kappa shape index (κ3) is 3.56. The molecule has 0 aliphatic carbocycles. The molecule has 2 nitrogen and oxygen atoms in total. The number of rotatable bonds is 6. The van der Waals surface area contributed by atoms with Crippen molar-refractivity contribution in [2.75, 3.05) is 23.9 Å². The molecule has 4 heteroatoms. The average Bonchev–Trinajstić information content (AvgIpc) is 2.85. The molecular weight excluding hydrogens is 242 g/mol. The minimum Gasteiger partial charge on any atom is -0.355 e. The highest BCUT2D eigenvalue weighted by atomic mass is 35.5. The van der Waals surface area contributed by atoms with Gasteiger partial charge in [0.1, 0.15) is 0 Å². The first-order chi connectivity index (χ1) is 7.67. The van der Waals surface area contributed by atoms with E-state index >= 15 is 0 Å². The van der Waals surface area contributed by atoms with Crippen LogP contribution in [0.3, 0.4) is 0 Å². The monoisotopic (exact) mass is 263 g/mol. The fourth-order valence-electron chi connectivity index (χ4n) is 1.90. The first kappa shape index (κ1) is 14.2. The molecule has 1 amide bonds. The van der Waals surface area contributed by atoms with Gasteiger partial charge in [-0.05, 0) is 25.0 Å². The highest BCUT2D eigenvalue weighted by molar-refractivity contribution is 7.99. The number of hydrogen-bond acceptors (Lipinski definition) is 2. The molecule has 0 spiro atoms. The van der Waals surface area contributed by atoms with Crippen molar-refractivity contribution in [2.24, 2.45) is 11.3 Å². The van der Waals surface area contributed by atoms with Crippen LogP contribution in [0.4, 0.5) is 0 Å². The molecule has 94 valence electrons. The van der Waals surface area contributed by atoms with Crippen LogP contribution in [-0.2, 0) is 4.79 Å². The zero-order valence-corrected chi connectivity index (χ0v) is 11.8. The van der Waals surface area contributed by atoms with E-state index in [-0.39, 0.29) is 17.2 Å². The van der Waals surface area contributed by atoms with E-state index < -0.39 is 0 Å². The molecule has 0 aromatic rings. The van der Waals surface area contributed by atoms with Crippen LogP contribution in [0.1, 0.15) is 33.1 Å². The van der Waals surface area contributed by atoms with Gasteiger partial charge in [-0.25, -0.2) is 0 Å². The van der Waals surface area contributed by atoms with E-state index in [1.165, 1.54) is 0 Å². The Bertz CT molecular complexity index is 217. The van der Waals surface area contributed by atoms with E-state index in [1.807, 2.05) is 11.8 Å². The Morgan fingerprint density at radius 1 is 1.50 bits per heavy atom. The summed E-state index contributed by atoms with van der Waals surface area (Å²) in [6.07, 6.45) is 3.07. The van der Waals surface area contributed by atoms with Crippen LogP contribution in [0.5, 0.6) is 0 Å². The molecule has 1 heterocycles. The minimum absolute atomic E-state index is 0.0863. The summed E-state index contributed by atoms with van der Waals surface area (Å²) in [5.41, 5.74) is 0.0863. The zero-order valence-electron chi connectivity index (χ0n) is 10.2. The molecule has 0 aromatic carbocycles. The van der Waals surface area contributed by atoms with Crippen LogP contribution in [0.2, 0.25) is 0 Å². The molecule has 16 heavy (non-hydrogen) atoms. The van der Waals surface area contributed by atoms with Crippen molar-refractivity contribution in [1.29, 1.82) is 0 Å². The second-order valence-corrected chi connectivity index (χ2v) is 6.04. The number of nitrogens with one attached hydrogen (secondary N) is 1.